The summed E-state index contributed by atoms with van der Waals surface area (Å²) in [5.41, 5.74) is 1.68. The molecule has 3 heterocycles. The first-order chi connectivity index (χ1) is 18.4. The molecule has 0 spiro atoms. The molecule has 6 rings (SSSR count). The van der Waals surface area contributed by atoms with Crippen molar-refractivity contribution in [3.63, 3.8) is 0 Å². The fraction of sp³-hybridized carbons (Fsp3) is 0.286. The van der Waals surface area contributed by atoms with E-state index in [9.17, 15) is 9.59 Å². The Hall–Kier alpha value is -3.30. The van der Waals surface area contributed by atoms with E-state index in [-0.39, 0.29) is 24.8 Å². The van der Waals surface area contributed by atoms with Gasteiger partial charge >= 0.3 is 6.03 Å². The van der Waals surface area contributed by atoms with Crippen molar-refractivity contribution >= 4 is 40.8 Å². The number of benzene rings is 3. The third-order valence-electron chi connectivity index (χ3n) is 7.36. The van der Waals surface area contributed by atoms with Crippen molar-refractivity contribution in [3.05, 3.63) is 88.4 Å². The highest BCUT2D eigenvalue weighted by atomic mass is 35.5. The van der Waals surface area contributed by atoms with Crippen molar-refractivity contribution in [2.75, 3.05) is 25.0 Å². The normalized spacial score (nSPS) is 23.4. The number of hydrogen-bond acceptors (Lipinski definition) is 6. The number of carbonyl (C=O) groups is 2. The van der Waals surface area contributed by atoms with Crippen LogP contribution in [0.1, 0.15) is 12.0 Å². The predicted molar refractivity (Wildman–Crippen MR) is 146 cm³/mol. The molecule has 0 saturated carbocycles. The number of imide groups is 1. The van der Waals surface area contributed by atoms with Crippen molar-refractivity contribution in [3.8, 4) is 11.5 Å². The van der Waals surface area contributed by atoms with E-state index in [0.717, 1.165) is 36.7 Å². The number of anilines is 1. The Morgan fingerprint density at radius 3 is 2.42 bits per heavy atom. The quantitative estimate of drug-likeness (QED) is 0.482. The number of nitrogens with zero attached hydrogens (tertiary/aromatic N) is 4. The van der Waals surface area contributed by atoms with Crippen molar-refractivity contribution < 1.29 is 14.3 Å². The maximum Gasteiger partial charge on any atom is 0.328 e. The van der Waals surface area contributed by atoms with Gasteiger partial charge in [-0.15, -0.1) is 0 Å². The molecule has 3 amide bonds. The van der Waals surface area contributed by atoms with E-state index in [4.69, 9.17) is 27.9 Å². The molecule has 3 atom stereocenters. The molecule has 0 radical (unpaired) electrons. The molecule has 3 unspecified atom stereocenters. The van der Waals surface area contributed by atoms with Crippen LogP contribution in [0.5, 0.6) is 11.5 Å². The minimum Gasteiger partial charge on any atom is -0.457 e. The molecule has 8 nitrogen and oxygen atoms in total. The minimum atomic E-state index is -0.503. The molecule has 3 aromatic carbocycles. The fourth-order valence-electron chi connectivity index (χ4n) is 5.48. The number of ether oxygens (including phenoxy) is 1. The number of urea groups is 1. The summed E-state index contributed by atoms with van der Waals surface area (Å²) in [6.07, 6.45) is 0.230. The summed E-state index contributed by atoms with van der Waals surface area (Å²) in [7, 11) is 1.73. The van der Waals surface area contributed by atoms with E-state index in [2.05, 4.69) is 15.1 Å². The number of nitrogens with one attached hydrogen (secondary N) is 1. The van der Waals surface area contributed by atoms with E-state index in [1.807, 2.05) is 54.6 Å². The maximum absolute atomic E-state index is 13.8. The molecule has 3 aliphatic rings. The van der Waals surface area contributed by atoms with Gasteiger partial charge in [0.05, 0.1) is 6.54 Å². The van der Waals surface area contributed by atoms with Crippen LogP contribution in [0.4, 0.5) is 10.5 Å². The van der Waals surface area contributed by atoms with Gasteiger partial charge in [-0.1, -0.05) is 47.5 Å². The number of rotatable bonds is 5. The number of para-hydroxylation sites is 1. The van der Waals surface area contributed by atoms with Gasteiger partial charge in [0.15, 0.2) is 0 Å². The highest BCUT2D eigenvalue weighted by Gasteiger charge is 2.56. The molecule has 3 fully saturated rings. The third-order valence-corrected chi connectivity index (χ3v) is 7.95. The molecule has 10 heteroatoms. The molecule has 38 heavy (non-hydrogen) atoms. The molecule has 0 aliphatic carbocycles. The molecular weight excluding hydrogens is 525 g/mol. The molecule has 0 bridgehead atoms. The van der Waals surface area contributed by atoms with Crippen LogP contribution in [0.2, 0.25) is 10.0 Å². The van der Waals surface area contributed by atoms with Crippen LogP contribution in [0.25, 0.3) is 0 Å². The minimum absolute atomic E-state index is 0.0896. The molecule has 3 aliphatic heterocycles. The molecule has 3 aromatic rings. The third kappa shape index (κ3) is 4.47. The SMILES string of the molecule is CN1C(=O)N(Cc2ccc(Cl)cc2Cl)C(=O)C2C1NC1N(c3ccc(Oc4ccccc4)cc3)CCCN21. The summed E-state index contributed by atoms with van der Waals surface area (Å²) in [5.74, 6) is 1.30. The second kappa shape index (κ2) is 10.1. The van der Waals surface area contributed by atoms with Crippen LogP contribution in [-0.4, -0.2) is 65.3 Å². The molecule has 1 N–H and O–H groups in total. The Bertz CT molecular complexity index is 1360. The lowest BCUT2D eigenvalue weighted by molar-refractivity contribution is -0.139. The lowest BCUT2D eigenvalue weighted by atomic mass is 10.1. The first-order valence-electron chi connectivity index (χ1n) is 12.5. The summed E-state index contributed by atoms with van der Waals surface area (Å²) in [4.78, 5) is 34.3. The average Bonchev–Trinajstić information content (AvgIpc) is 3.32. The van der Waals surface area contributed by atoms with Crippen LogP contribution >= 0.6 is 23.2 Å². The topological polar surface area (TPSA) is 68.4 Å². The van der Waals surface area contributed by atoms with Crippen LogP contribution < -0.4 is 15.0 Å². The lowest BCUT2D eigenvalue weighted by Crippen LogP contribution is -2.66. The van der Waals surface area contributed by atoms with Crippen molar-refractivity contribution in [2.45, 2.75) is 31.5 Å². The predicted octanol–water partition coefficient (Wildman–Crippen LogP) is 4.97. The van der Waals surface area contributed by atoms with Crippen molar-refractivity contribution in [1.82, 2.24) is 20.0 Å². The largest absolute Gasteiger partial charge is 0.457 e. The van der Waals surface area contributed by atoms with Crippen LogP contribution in [0, 0.1) is 0 Å². The Balaban J connectivity index is 1.22. The van der Waals surface area contributed by atoms with E-state index >= 15 is 0 Å². The maximum atomic E-state index is 13.8. The number of hydrogen-bond donors (Lipinski definition) is 1. The van der Waals surface area contributed by atoms with Crippen LogP contribution in [-0.2, 0) is 11.3 Å². The summed E-state index contributed by atoms with van der Waals surface area (Å²) in [6.45, 7) is 1.66. The van der Waals surface area contributed by atoms with E-state index in [1.54, 1.807) is 30.1 Å². The first-order valence-corrected chi connectivity index (χ1v) is 13.3. The highest BCUT2D eigenvalue weighted by Crippen LogP contribution is 2.35. The van der Waals surface area contributed by atoms with E-state index in [0.29, 0.717) is 15.6 Å². The second-order valence-corrected chi connectivity index (χ2v) is 10.5. The van der Waals surface area contributed by atoms with Gasteiger partial charge in [0.1, 0.15) is 30.0 Å². The van der Waals surface area contributed by atoms with Crippen LogP contribution in [0.15, 0.2) is 72.8 Å². The van der Waals surface area contributed by atoms with E-state index in [1.165, 1.54) is 4.90 Å². The fourth-order valence-corrected chi connectivity index (χ4v) is 5.95. The monoisotopic (exact) mass is 551 g/mol. The molecule has 0 aromatic heterocycles. The zero-order valence-corrected chi connectivity index (χ0v) is 22.3. The van der Waals surface area contributed by atoms with Gasteiger partial charge in [-0.3, -0.25) is 19.9 Å². The number of fused-ring (bicyclic) bond motifs is 3. The number of likely N-dealkylation sites (N-methyl/N-ethyl adjacent to an activating group) is 1. The average molecular weight is 552 g/mol. The van der Waals surface area contributed by atoms with Crippen molar-refractivity contribution in [2.24, 2.45) is 0 Å². The molecular formula is C28H27Cl2N5O3. The number of amides is 3. The zero-order valence-electron chi connectivity index (χ0n) is 20.8. The Morgan fingerprint density at radius 1 is 0.947 bits per heavy atom. The number of halogens is 2. The van der Waals surface area contributed by atoms with Gasteiger partial charge in [-0.05, 0) is 60.5 Å². The van der Waals surface area contributed by atoms with Gasteiger partial charge in [-0.25, -0.2) is 4.79 Å². The number of carbonyl (C=O) groups excluding carboxylic acids is 2. The van der Waals surface area contributed by atoms with Gasteiger partial charge < -0.3 is 14.5 Å². The van der Waals surface area contributed by atoms with Gasteiger partial charge in [-0.2, -0.15) is 0 Å². The lowest BCUT2D eigenvalue weighted by Gasteiger charge is -2.44. The zero-order chi connectivity index (χ0) is 26.4. The Kier molecular flexibility index (Phi) is 6.65. The van der Waals surface area contributed by atoms with Gasteiger partial charge in [0.25, 0.3) is 5.91 Å². The summed E-state index contributed by atoms with van der Waals surface area (Å²) < 4.78 is 5.94. The Morgan fingerprint density at radius 2 is 1.68 bits per heavy atom. The smallest absolute Gasteiger partial charge is 0.328 e. The summed E-state index contributed by atoms with van der Waals surface area (Å²) >= 11 is 12.4. The van der Waals surface area contributed by atoms with Crippen LogP contribution in [0.3, 0.4) is 0 Å². The Labute approximate surface area is 231 Å². The second-order valence-electron chi connectivity index (χ2n) is 9.68. The first kappa shape index (κ1) is 25.0. The summed E-state index contributed by atoms with van der Waals surface area (Å²) in [6, 6.07) is 21.8. The van der Waals surface area contributed by atoms with Gasteiger partial charge in [0, 0.05) is 35.9 Å². The van der Waals surface area contributed by atoms with Gasteiger partial charge in [0.2, 0.25) is 0 Å². The standard InChI is InChI=1S/C28H27Cl2N5O3/c1-32-25-24(26(36)35(28(32)37)17-18-8-9-19(29)16-23(18)30)34-15-5-14-33(27(34)31-25)20-10-12-22(13-11-20)38-21-6-3-2-4-7-21/h2-4,6-13,16,24-25,27,31H,5,14-15,17H2,1H3. The highest BCUT2D eigenvalue weighted by molar-refractivity contribution is 6.35. The van der Waals surface area contributed by atoms with Crippen molar-refractivity contribution in [1.29, 1.82) is 0 Å². The summed E-state index contributed by atoms with van der Waals surface area (Å²) in [5, 5.41) is 4.47. The molecule has 3 saturated heterocycles. The molecule has 196 valence electrons. The van der Waals surface area contributed by atoms with E-state index < -0.39 is 12.2 Å².